The Morgan fingerprint density at radius 2 is 1.04 bits per heavy atom. The number of carbonyl (C=O) groups is 1. The maximum absolute atomic E-state index is 13.5. The molecule has 0 heterocycles. The van der Waals surface area contributed by atoms with E-state index in [4.69, 9.17) is 0 Å². The molecular formula is C24H29F2NO. The van der Waals surface area contributed by atoms with Crippen LogP contribution in [0, 0.1) is 11.6 Å². The van der Waals surface area contributed by atoms with Crippen LogP contribution in [0.1, 0.15) is 39.0 Å². The summed E-state index contributed by atoms with van der Waals surface area (Å²) in [6, 6.07) is 20.8. The van der Waals surface area contributed by atoms with Gasteiger partial charge in [-0.25, -0.2) is 8.78 Å². The van der Waals surface area contributed by atoms with Gasteiger partial charge in [-0.2, -0.15) is 0 Å². The van der Waals surface area contributed by atoms with Gasteiger partial charge in [0.15, 0.2) is 0 Å². The fourth-order valence-electron chi connectivity index (χ4n) is 3.17. The van der Waals surface area contributed by atoms with Gasteiger partial charge in [-0.15, -0.1) is 0 Å². The molecule has 0 aliphatic carbocycles. The second-order valence-electron chi connectivity index (χ2n) is 5.71. The van der Waals surface area contributed by atoms with Gasteiger partial charge in [-0.1, -0.05) is 76.9 Å². The van der Waals surface area contributed by atoms with E-state index < -0.39 is 5.41 Å². The molecule has 0 saturated carbocycles. The zero-order chi connectivity index (χ0) is 17.9. The largest absolute Gasteiger partial charge is 0.358 e. The molecule has 28 heavy (non-hydrogen) atoms. The summed E-state index contributed by atoms with van der Waals surface area (Å²) in [5.41, 5.74) is 0.710. The van der Waals surface area contributed by atoms with Gasteiger partial charge in [0.2, 0.25) is 5.91 Å². The number of carbonyl (C=O) groups excluding carboxylic acids is 1. The predicted molar refractivity (Wildman–Crippen MR) is 113 cm³/mol. The number of amides is 1. The Kier molecular flexibility index (Phi) is 9.24. The lowest BCUT2D eigenvalue weighted by atomic mass is 9.68. The van der Waals surface area contributed by atoms with E-state index >= 15 is 0 Å². The number of hydrogen-bond donors (Lipinski definition) is 1. The lowest BCUT2D eigenvalue weighted by Crippen LogP contribution is -2.45. The molecule has 0 bridgehead atoms. The quantitative estimate of drug-likeness (QED) is 0.552. The third-order valence-electron chi connectivity index (χ3n) is 4.33. The van der Waals surface area contributed by atoms with Crippen molar-refractivity contribution in [3.63, 3.8) is 0 Å². The van der Waals surface area contributed by atoms with Crippen molar-refractivity contribution in [1.29, 1.82) is 0 Å². The van der Waals surface area contributed by atoms with Gasteiger partial charge in [0, 0.05) is 7.05 Å². The van der Waals surface area contributed by atoms with E-state index in [1.807, 2.05) is 30.3 Å². The van der Waals surface area contributed by atoms with Gasteiger partial charge >= 0.3 is 0 Å². The highest BCUT2D eigenvalue weighted by atomic mass is 19.1. The van der Waals surface area contributed by atoms with Crippen molar-refractivity contribution < 1.29 is 13.6 Å². The van der Waals surface area contributed by atoms with E-state index in [-0.39, 0.29) is 39.8 Å². The molecule has 4 heteroatoms. The topological polar surface area (TPSA) is 29.1 Å². The van der Waals surface area contributed by atoms with Gasteiger partial charge in [0.1, 0.15) is 17.0 Å². The van der Waals surface area contributed by atoms with Crippen molar-refractivity contribution >= 4 is 5.91 Å². The number of benzene rings is 3. The van der Waals surface area contributed by atoms with Crippen molar-refractivity contribution in [2.75, 3.05) is 7.05 Å². The monoisotopic (exact) mass is 385 g/mol. The molecule has 0 aromatic heterocycles. The molecule has 0 aliphatic heterocycles. The van der Waals surface area contributed by atoms with Crippen LogP contribution in [-0.4, -0.2) is 13.0 Å². The molecule has 150 valence electrons. The Morgan fingerprint density at radius 1 is 0.679 bits per heavy atom. The van der Waals surface area contributed by atoms with Crippen LogP contribution in [0.15, 0.2) is 78.9 Å². The molecule has 1 N–H and O–H groups in total. The molecule has 0 spiro atoms. The van der Waals surface area contributed by atoms with Crippen molar-refractivity contribution in [2.45, 2.75) is 27.7 Å². The predicted octanol–water partition coefficient (Wildman–Crippen LogP) is 5.95. The average Bonchev–Trinajstić information content (AvgIpc) is 2.65. The van der Waals surface area contributed by atoms with Crippen molar-refractivity contribution in [2.24, 2.45) is 0 Å². The van der Waals surface area contributed by atoms with Gasteiger partial charge in [0.05, 0.1) is 0 Å². The Labute approximate surface area is 167 Å². The SMILES string of the molecule is C.C.C.CNC(=O)C(c1ccccc1)(c1ccc(F)cc1)c1ccc(F)cc1. The van der Waals surface area contributed by atoms with Gasteiger partial charge < -0.3 is 5.32 Å². The maximum atomic E-state index is 13.5. The first-order chi connectivity index (χ1) is 12.1. The zero-order valence-corrected chi connectivity index (χ0v) is 13.7. The molecule has 0 saturated heterocycles. The third kappa shape index (κ3) is 4.28. The molecule has 0 radical (unpaired) electrons. The first-order valence-electron chi connectivity index (χ1n) is 7.89. The fourth-order valence-corrected chi connectivity index (χ4v) is 3.17. The summed E-state index contributed by atoms with van der Waals surface area (Å²) in [5.74, 6) is -1.06. The zero-order valence-electron chi connectivity index (χ0n) is 13.7. The van der Waals surface area contributed by atoms with Crippen LogP contribution in [-0.2, 0) is 10.2 Å². The van der Waals surface area contributed by atoms with E-state index in [0.717, 1.165) is 0 Å². The summed E-state index contributed by atoms with van der Waals surface area (Å²) in [4.78, 5) is 13.1. The van der Waals surface area contributed by atoms with Crippen LogP contribution < -0.4 is 5.32 Å². The third-order valence-corrected chi connectivity index (χ3v) is 4.33. The van der Waals surface area contributed by atoms with E-state index in [9.17, 15) is 13.6 Å². The summed E-state index contributed by atoms with van der Waals surface area (Å²) in [7, 11) is 1.55. The number of nitrogens with one attached hydrogen (secondary N) is 1. The van der Waals surface area contributed by atoms with E-state index in [0.29, 0.717) is 16.7 Å². The summed E-state index contributed by atoms with van der Waals surface area (Å²) >= 11 is 0. The van der Waals surface area contributed by atoms with Crippen LogP contribution in [0.25, 0.3) is 0 Å². The van der Waals surface area contributed by atoms with Crippen LogP contribution in [0.2, 0.25) is 0 Å². The highest BCUT2D eigenvalue weighted by Crippen LogP contribution is 2.39. The first kappa shape index (κ1) is 25.0. The summed E-state index contributed by atoms with van der Waals surface area (Å²) in [6.07, 6.45) is 0. The molecule has 0 aliphatic rings. The molecule has 3 aromatic carbocycles. The first-order valence-corrected chi connectivity index (χ1v) is 7.89. The lowest BCUT2D eigenvalue weighted by molar-refractivity contribution is -0.123. The molecule has 2 nitrogen and oxygen atoms in total. The van der Waals surface area contributed by atoms with Crippen molar-refractivity contribution in [1.82, 2.24) is 5.32 Å². The Morgan fingerprint density at radius 3 is 1.39 bits per heavy atom. The average molecular weight is 385 g/mol. The minimum absolute atomic E-state index is 0. The van der Waals surface area contributed by atoms with Gasteiger partial charge in [-0.3, -0.25) is 4.79 Å². The molecule has 1 amide bonds. The van der Waals surface area contributed by atoms with Gasteiger partial charge in [0.25, 0.3) is 0 Å². The number of rotatable bonds is 4. The van der Waals surface area contributed by atoms with E-state index in [1.165, 1.54) is 24.3 Å². The highest BCUT2D eigenvalue weighted by molar-refractivity contribution is 5.96. The Hall–Kier alpha value is -3.01. The second kappa shape index (κ2) is 10.4. The number of halogens is 2. The minimum atomic E-state index is -1.21. The van der Waals surface area contributed by atoms with Crippen LogP contribution in [0.4, 0.5) is 8.78 Å². The molecule has 3 aromatic rings. The Balaban J connectivity index is 0.00000243. The molecule has 0 unspecified atom stereocenters. The molecule has 0 atom stereocenters. The molecular weight excluding hydrogens is 356 g/mol. The normalized spacial score (nSPS) is 9.96. The van der Waals surface area contributed by atoms with Crippen molar-refractivity contribution in [3.8, 4) is 0 Å². The van der Waals surface area contributed by atoms with E-state index in [1.54, 1.807) is 31.3 Å². The smallest absolute Gasteiger partial charge is 0.239 e. The van der Waals surface area contributed by atoms with Gasteiger partial charge in [-0.05, 0) is 41.0 Å². The Bertz CT molecular complexity index is 814. The highest BCUT2D eigenvalue weighted by Gasteiger charge is 2.43. The lowest BCUT2D eigenvalue weighted by Gasteiger charge is -2.34. The van der Waals surface area contributed by atoms with Crippen LogP contribution >= 0.6 is 0 Å². The standard InChI is InChI=1S/C21H17F2NO.3CH4/c1-24-20(25)21(15-5-3-2-4-6-15,16-7-11-18(22)12-8-16)17-9-13-19(23)14-10-17;;;/h2-14H,1H3,(H,24,25);3*1H4. The maximum Gasteiger partial charge on any atom is 0.239 e. The number of likely N-dealkylation sites (N-methyl/N-ethyl adjacent to an activating group) is 1. The summed E-state index contributed by atoms with van der Waals surface area (Å²) in [5, 5.41) is 2.70. The summed E-state index contributed by atoms with van der Waals surface area (Å²) < 4.78 is 26.9. The number of hydrogen-bond acceptors (Lipinski definition) is 1. The molecule has 0 fully saturated rings. The van der Waals surface area contributed by atoms with Crippen molar-refractivity contribution in [3.05, 3.63) is 107 Å². The minimum Gasteiger partial charge on any atom is -0.358 e. The molecule has 3 rings (SSSR count). The second-order valence-corrected chi connectivity index (χ2v) is 5.71. The van der Waals surface area contributed by atoms with Crippen LogP contribution in [0.5, 0.6) is 0 Å². The summed E-state index contributed by atoms with van der Waals surface area (Å²) in [6.45, 7) is 0. The van der Waals surface area contributed by atoms with E-state index in [2.05, 4.69) is 5.32 Å². The van der Waals surface area contributed by atoms with Crippen LogP contribution in [0.3, 0.4) is 0 Å². The fraction of sp³-hybridized carbons (Fsp3) is 0.208.